The molecule has 2 heterocycles. The van der Waals surface area contributed by atoms with Crippen LogP contribution in [-0.2, 0) is 4.79 Å². The van der Waals surface area contributed by atoms with Crippen LogP contribution in [0.15, 0.2) is 24.3 Å². The van der Waals surface area contributed by atoms with Crippen LogP contribution in [0.25, 0.3) is 0 Å². The summed E-state index contributed by atoms with van der Waals surface area (Å²) < 4.78 is 0. The molecule has 0 aromatic heterocycles. The molecular weight excluding hydrogens is 414 g/mol. The van der Waals surface area contributed by atoms with Crippen molar-refractivity contribution in [2.24, 2.45) is 23.7 Å². The Labute approximate surface area is 196 Å². The maximum Gasteiger partial charge on any atom is 0.254 e. The summed E-state index contributed by atoms with van der Waals surface area (Å²) in [5, 5.41) is 10.1. The summed E-state index contributed by atoms with van der Waals surface area (Å²) in [7, 11) is 0. The van der Waals surface area contributed by atoms with Crippen LogP contribution in [0.4, 0.5) is 5.69 Å². The minimum Gasteiger partial charge on any atom is -0.380 e. The van der Waals surface area contributed by atoms with Crippen molar-refractivity contribution in [1.82, 2.24) is 9.80 Å². The predicted molar refractivity (Wildman–Crippen MR) is 127 cm³/mol. The highest BCUT2D eigenvalue weighted by atomic mass is 16.3. The molecule has 6 nitrogen and oxygen atoms in total. The Morgan fingerprint density at radius 1 is 0.818 bits per heavy atom. The van der Waals surface area contributed by atoms with E-state index in [4.69, 9.17) is 0 Å². The first-order chi connectivity index (χ1) is 16.0. The summed E-state index contributed by atoms with van der Waals surface area (Å²) in [4.78, 5) is 31.5. The lowest BCUT2D eigenvalue weighted by Gasteiger charge is -2.40. The third-order valence-corrected chi connectivity index (χ3v) is 9.39. The van der Waals surface area contributed by atoms with E-state index in [9.17, 15) is 14.7 Å². The first-order valence-corrected chi connectivity index (χ1v) is 13.2. The van der Waals surface area contributed by atoms with Crippen molar-refractivity contribution in [3.05, 3.63) is 29.8 Å². The van der Waals surface area contributed by atoms with Crippen molar-refractivity contribution < 1.29 is 14.7 Å². The second-order valence-electron chi connectivity index (χ2n) is 11.3. The van der Waals surface area contributed by atoms with Gasteiger partial charge in [-0.2, -0.15) is 0 Å². The Hall–Kier alpha value is -2.08. The highest BCUT2D eigenvalue weighted by molar-refractivity contribution is 5.95. The highest BCUT2D eigenvalue weighted by Crippen LogP contribution is 2.52. The molecule has 178 valence electrons. The number of nitrogens with zero attached hydrogens (tertiary/aromatic N) is 3. The molecule has 3 saturated carbocycles. The molecule has 4 atom stereocenters. The molecule has 2 amide bonds. The van der Waals surface area contributed by atoms with Crippen molar-refractivity contribution in [3.8, 4) is 0 Å². The van der Waals surface area contributed by atoms with E-state index in [1.54, 1.807) is 4.90 Å². The third-order valence-electron chi connectivity index (χ3n) is 9.39. The third kappa shape index (κ3) is 3.94. The highest BCUT2D eigenvalue weighted by Gasteiger charge is 2.50. The lowest BCUT2D eigenvalue weighted by Crippen LogP contribution is -2.53. The number of fused-ring (bicyclic) bond motifs is 3. The van der Waals surface area contributed by atoms with Gasteiger partial charge in [0.2, 0.25) is 0 Å². The van der Waals surface area contributed by atoms with Crippen LogP contribution in [0.5, 0.6) is 0 Å². The van der Waals surface area contributed by atoms with Crippen LogP contribution in [0.2, 0.25) is 0 Å². The number of benzene rings is 1. The standard InChI is InChI=1S/C27H37N3O3/c31-25(28-13-15-29(16-14-28)26(32)27(33)10-11-27)19-5-7-22(8-6-19)30-12-9-21-17-20-3-1-2-4-23(20)24(21)18-30/h5-8,20-21,23-24,33H,1-4,9-18H2. The zero-order valence-electron chi connectivity index (χ0n) is 19.6. The van der Waals surface area contributed by atoms with Gasteiger partial charge in [-0.3, -0.25) is 9.59 Å². The average molecular weight is 452 g/mol. The molecular formula is C27H37N3O3. The van der Waals surface area contributed by atoms with Crippen LogP contribution in [0.1, 0.15) is 61.7 Å². The molecule has 2 saturated heterocycles. The second-order valence-corrected chi connectivity index (χ2v) is 11.3. The van der Waals surface area contributed by atoms with Crippen LogP contribution in [0, 0.1) is 23.7 Å². The van der Waals surface area contributed by atoms with Gasteiger partial charge in [-0.15, -0.1) is 0 Å². The van der Waals surface area contributed by atoms with Crippen molar-refractivity contribution in [2.75, 3.05) is 44.2 Å². The summed E-state index contributed by atoms with van der Waals surface area (Å²) >= 11 is 0. The molecule has 0 radical (unpaired) electrons. The number of carbonyl (C=O) groups is 2. The summed E-state index contributed by atoms with van der Waals surface area (Å²) in [6, 6.07) is 8.21. The topological polar surface area (TPSA) is 64.1 Å². The minimum atomic E-state index is -1.12. The van der Waals surface area contributed by atoms with E-state index in [0.717, 1.165) is 35.8 Å². The van der Waals surface area contributed by atoms with Crippen molar-refractivity contribution in [1.29, 1.82) is 0 Å². The van der Waals surface area contributed by atoms with Gasteiger partial charge in [0, 0.05) is 50.5 Å². The number of aliphatic hydroxyl groups is 1. The molecule has 5 aliphatic rings. The summed E-state index contributed by atoms with van der Waals surface area (Å²) in [6.07, 6.45) is 9.67. The zero-order valence-corrected chi connectivity index (χ0v) is 19.6. The monoisotopic (exact) mass is 451 g/mol. The molecule has 6 heteroatoms. The average Bonchev–Trinajstić information content (AvgIpc) is 3.51. The van der Waals surface area contributed by atoms with Crippen LogP contribution < -0.4 is 4.90 Å². The molecule has 0 spiro atoms. The van der Waals surface area contributed by atoms with Gasteiger partial charge in [0.25, 0.3) is 11.8 Å². The van der Waals surface area contributed by atoms with E-state index in [1.807, 2.05) is 17.0 Å². The van der Waals surface area contributed by atoms with Crippen LogP contribution >= 0.6 is 0 Å². The SMILES string of the molecule is O=C(c1ccc(N2CCC3CC4CCCCC4C3C2)cc1)N1CCN(C(=O)C2(O)CC2)CC1. The van der Waals surface area contributed by atoms with E-state index in [0.29, 0.717) is 39.0 Å². The van der Waals surface area contributed by atoms with E-state index in [-0.39, 0.29) is 11.8 Å². The first kappa shape index (κ1) is 21.5. The molecule has 1 aromatic rings. The number of amides is 2. The molecule has 1 N–H and O–H groups in total. The first-order valence-electron chi connectivity index (χ1n) is 13.2. The Bertz CT molecular complexity index is 904. The van der Waals surface area contributed by atoms with Gasteiger partial charge in [0.1, 0.15) is 5.60 Å². The Morgan fingerprint density at radius 3 is 2.21 bits per heavy atom. The molecule has 0 bridgehead atoms. The van der Waals surface area contributed by atoms with E-state index >= 15 is 0 Å². The number of piperidine rings is 1. The molecule has 4 unspecified atom stereocenters. The fourth-order valence-electron chi connectivity index (χ4n) is 7.26. The lowest BCUT2D eigenvalue weighted by molar-refractivity contribution is -0.143. The fourth-order valence-corrected chi connectivity index (χ4v) is 7.26. The summed E-state index contributed by atoms with van der Waals surface area (Å²) in [5.41, 5.74) is 0.854. The predicted octanol–water partition coefficient (Wildman–Crippen LogP) is 3.15. The van der Waals surface area contributed by atoms with E-state index in [1.165, 1.54) is 50.8 Å². The summed E-state index contributed by atoms with van der Waals surface area (Å²) in [5.74, 6) is 3.59. The summed E-state index contributed by atoms with van der Waals surface area (Å²) in [6.45, 7) is 4.38. The minimum absolute atomic E-state index is 0.0401. The van der Waals surface area contributed by atoms with Crippen LogP contribution in [0.3, 0.4) is 0 Å². The molecule has 5 fully saturated rings. The van der Waals surface area contributed by atoms with Gasteiger partial charge >= 0.3 is 0 Å². The molecule has 33 heavy (non-hydrogen) atoms. The molecule has 2 aliphatic heterocycles. The normalized spacial score (nSPS) is 32.8. The smallest absolute Gasteiger partial charge is 0.254 e. The number of piperazine rings is 1. The number of anilines is 1. The van der Waals surface area contributed by atoms with Gasteiger partial charge in [-0.1, -0.05) is 19.3 Å². The van der Waals surface area contributed by atoms with E-state index in [2.05, 4.69) is 17.0 Å². The van der Waals surface area contributed by atoms with Crippen molar-refractivity contribution in [3.63, 3.8) is 0 Å². The van der Waals surface area contributed by atoms with Gasteiger partial charge in [0.15, 0.2) is 0 Å². The number of rotatable bonds is 3. The number of hydrogen-bond acceptors (Lipinski definition) is 4. The van der Waals surface area contributed by atoms with Gasteiger partial charge < -0.3 is 19.8 Å². The molecule has 6 rings (SSSR count). The quantitative estimate of drug-likeness (QED) is 0.767. The number of hydrogen-bond donors (Lipinski definition) is 1. The Morgan fingerprint density at radius 2 is 1.48 bits per heavy atom. The van der Waals surface area contributed by atoms with Crippen molar-refractivity contribution >= 4 is 17.5 Å². The van der Waals surface area contributed by atoms with Crippen LogP contribution in [-0.4, -0.2) is 71.6 Å². The van der Waals surface area contributed by atoms with Gasteiger partial charge in [-0.05, 0) is 80.0 Å². The lowest BCUT2D eigenvalue weighted by atomic mass is 9.76. The Balaban J connectivity index is 1.06. The largest absolute Gasteiger partial charge is 0.380 e. The maximum absolute atomic E-state index is 13.0. The molecule has 1 aromatic carbocycles. The fraction of sp³-hybridized carbons (Fsp3) is 0.704. The van der Waals surface area contributed by atoms with Crippen molar-refractivity contribution in [2.45, 2.75) is 57.0 Å². The van der Waals surface area contributed by atoms with Gasteiger partial charge in [-0.25, -0.2) is 0 Å². The van der Waals surface area contributed by atoms with E-state index < -0.39 is 5.60 Å². The van der Waals surface area contributed by atoms with Gasteiger partial charge in [0.05, 0.1) is 0 Å². The number of carbonyl (C=O) groups excluding carboxylic acids is 2. The Kier molecular flexibility index (Phi) is 5.39. The zero-order chi connectivity index (χ0) is 22.6. The maximum atomic E-state index is 13.0. The molecule has 3 aliphatic carbocycles. The second kappa shape index (κ2) is 8.30.